The average molecular weight is 445 g/mol. The van der Waals surface area contributed by atoms with Crippen LogP contribution in [0.4, 0.5) is 17.2 Å². The van der Waals surface area contributed by atoms with Crippen LogP contribution in [0.5, 0.6) is 0 Å². The molecular weight excluding hydrogens is 428 g/mol. The molecule has 0 saturated heterocycles. The molecular formula is C23H17BrN4O. The molecule has 0 radical (unpaired) electrons. The molecule has 6 heteroatoms. The lowest BCUT2D eigenvalue weighted by atomic mass is 10.1. The minimum atomic E-state index is -0.157. The van der Waals surface area contributed by atoms with Crippen LogP contribution >= 0.6 is 15.9 Å². The van der Waals surface area contributed by atoms with Gasteiger partial charge in [-0.05, 0) is 42.5 Å². The van der Waals surface area contributed by atoms with Crippen molar-refractivity contribution in [1.29, 1.82) is 0 Å². The molecule has 4 rings (SSSR count). The van der Waals surface area contributed by atoms with Gasteiger partial charge in [-0.2, -0.15) is 0 Å². The Morgan fingerprint density at radius 1 is 0.793 bits per heavy atom. The van der Waals surface area contributed by atoms with Crippen molar-refractivity contribution in [2.24, 2.45) is 0 Å². The van der Waals surface area contributed by atoms with Crippen molar-refractivity contribution in [3.8, 4) is 11.3 Å². The van der Waals surface area contributed by atoms with Crippen LogP contribution in [0.25, 0.3) is 11.3 Å². The van der Waals surface area contributed by atoms with Crippen LogP contribution in [-0.2, 0) is 0 Å². The summed E-state index contributed by atoms with van der Waals surface area (Å²) in [6.45, 7) is 0. The number of hydrogen-bond donors (Lipinski definition) is 2. The zero-order valence-electron chi connectivity index (χ0n) is 15.3. The first-order valence-electron chi connectivity index (χ1n) is 8.99. The molecule has 5 nitrogen and oxygen atoms in total. The number of amides is 1. The van der Waals surface area contributed by atoms with Gasteiger partial charge in [0.25, 0.3) is 5.91 Å². The molecule has 0 aliphatic heterocycles. The Bertz CT molecular complexity index is 1130. The molecule has 0 fully saturated rings. The van der Waals surface area contributed by atoms with E-state index in [4.69, 9.17) is 0 Å². The van der Waals surface area contributed by atoms with E-state index in [0.29, 0.717) is 17.1 Å². The van der Waals surface area contributed by atoms with Gasteiger partial charge >= 0.3 is 0 Å². The second-order valence-corrected chi connectivity index (χ2v) is 7.24. The highest BCUT2D eigenvalue weighted by molar-refractivity contribution is 9.10. The lowest BCUT2D eigenvalue weighted by Crippen LogP contribution is -2.11. The standard InChI is InChI=1S/C23H17BrN4O/c24-18-8-4-7-17(13-18)23(29)28-20-11-9-19(10-12-20)27-22-14-21(25-15-26-22)16-5-2-1-3-6-16/h1-15H,(H,28,29)(H,25,26,27). The summed E-state index contributed by atoms with van der Waals surface area (Å²) in [6.07, 6.45) is 1.54. The van der Waals surface area contributed by atoms with Crippen molar-refractivity contribution in [2.45, 2.75) is 0 Å². The first-order valence-corrected chi connectivity index (χ1v) is 9.78. The molecule has 0 saturated carbocycles. The third kappa shape index (κ3) is 4.86. The van der Waals surface area contributed by atoms with Crippen molar-refractivity contribution in [2.75, 3.05) is 10.6 Å². The van der Waals surface area contributed by atoms with Crippen molar-refractivity contribution in [3.63, 3.8) is 0 Å². The molecule has 142 valence electrons. The third-order valence-electron chi connectivity index (χ3n) is 4.24. The Morgan fingerprint density at radius 3 is 2.31 bits per heavy atom. The van der Waals surface area contributed by atoms with Crippen LogP contribution in [0.1, 0.15) is 10.4 Å². The predicted octanol–water partition coefficient (Wildman–Crippen LogP) is 5.90. The monoisotopic (exact) mass is 444 g/mol. The highest BCUT2D eigenvalue weighted by Gasteiger charge is 2.07. The quantitative estimate of drug-likeness (QED) is 0.401. The number of nitrogens with zero attached hydrogens (tertiary/aromatic N) is 2. The van der Waals surface area contributed by atoms with E-state index < -0.39 is 0 Å². The Balaban J connectivity index is 1.44. The predicted molar refractivity (Wildman–Crippen MR) is 119 cm³/mol. The maximum atomic E-state index is 12.3. The second-order valence-electron chi connectivity index (χ2n) is 6.32. The molecule has 4 aromatic rings. The highest BCUT2D eigenvalue weighted by Crippen LogP contribution is 2.22. The van der Waals surface area contributed by atoms with Gasteiger partial charge in [0, 0.05) is 33.0 Å². The molecule has 2 N–H and O–H groups in total. The fourth-order valence-electron chi connectivity index (χ4n) is 2.81. The van der Waals surface area contributed by atoms with E-state index in [-0.39, 0.29) is 5.91 Å². The normalized spacial score (nSPS) is 10.4. The number of rotatable bonds is 5. The summed E-state index contributed by atoms with van der Waals surface area (Å²) in [5, 5.41) is 6.16. The topological polar surface area (TPSA) is 66.9 Å². The molecule has 0 unspecified atom stereocenters. The Labute approximate surface area is 177 Å². The number of halogens is 1. The SMILES string of the molecule is O=C(Nc1ccc(Nc2cc(-c3ccccc3)ncn2)cc1)c1cccc(Br)c1. The first kappa shape index (κ1) is 18.8. The van der Waals surface area contributed by atoms with E-state index >= 15 is 0 Å². The number of anilines is 3. The lowest BCUT2D eigenvalue weighted by molar-refractivity contribution is 0.102. The molecule has 29 heavy (non-hydrogen) atoms. The molecule has 1 aromatic heterocycles. The fraction of sp³-hybridized carbons (Fsp3) is 0. The summed E-state index contributed by atoms with van der Waals surface area (Å²) in [5.41, 5.74) is 4.05. The maximum absolute atomic E-state index is 12.3. The van der Waals surface area contributed by atoms with Gasteiger partial charge in [-0.1, -0.05) is 52.3 Å². The summed E-state index contributed by atoms with van der Waals surface area (Å²) in [6, 6.07) is 26.6. The van der Waals surface area contributed by atoms with E-state index in [2.05, 4.69) is 36.5 Å². The van der Waals surface area contributed by atoms with Crippen LogP contribution < -0.4 is 10.6 Å². The molecule has 0 aliphatic rings. The molecule has 1 heterocycles. The van der Waals surface area contributed by atoms with Gasteiger partial charge in [0.2, 0.25) is 0 Å². The molecule has 0 bridgehead atoms. The molecule has 0 atom stereocenters. The smallest absolute Gasteiger partial charge is 0.255 e. The van der Waals surface area contributed by atoms with Crippen LogP contribution in [0.15, 0.2) is 95.7 Å². The summed E-state index contributed by atoms with van der Waals surface area (Å²) in [4.78, 5) is 21.0. The fourth-order valence-corrected chi connectivity index (χ4v) is 3.21. The van der Waals surface area contributed by atoms with Gasteiger partial charge in [0.1, 0.15) is 12.1 Å². The largest absolute Gasteiger partial charge is 0.340 e. The van der Waals surface area contributed by atoms with Crippen molar-refractivity contribution in [1.82, 2.24) is 9.97 Å². The van der Waals surface area contributed by atoms with Gasteiger partial charge in [-0.3, -0.25) is 4.79 Å². The number of nitrogens with one attached hydrogen (secondary N) is 2. The van der Waals surface area contributed by atoms with Gasteiger partial charge in [0.15, 0.2) is 0 Å². The van der Waals surface area contributed by atoms with E-state index in [1.54, 1.807) is 12.1 Å². The molecule has 0 spiro atoms. The van der Waals surface area contributed by atoms with Crippen LogP contribution in [-0.4, -0.2) is 15.9 Å². The van der Waals surface area contributed by atoms with E-state index in [1.165, 1.54) is 6.33 Å². The van der Waals surface area contributed by atoms with Gasteiger partial charge in [-0.15, -0.1) is 0 Å². The Kier molecular flexibility index (Phi) is 5.63. The number of carbonyl (C=O) groups is 1. The van der Waals surface area contributed by atoms with Crippen LogP contribution in [0, 0.1) is 0 Å². The van der Waals surface area contributed by atoms with E-state index in [1.807, 2.05) is 72.8 Å². The summed E-state index contributed by atoms with van der Waals surface area (Å²) in [7, 11) is 0. The van der Waals surface area contributed by atoms with Gasteiger partial charge in [0.05, 0.1) is 5.69 Å². The zero-order chi connectivity index (χ0) is 20.1. The first-order chi connectivity index (χ1) is 14.2. The Morgan fingerprint density at radius 2 is 1.55 bits per heavy atom. The highest BCUT2D eigenvalue weighted by atomic mass is 79.9. The minimum absolute atomic E-state index is 0.157. The lowest BCUT2D eigenvalue weighted by Gasteiger charge is -2.09. The summed E-state index contributed by atoms with van der Waals surface area (Å²) in [5.74, 6) is 0.542. The van der Waals surface area contributed by atoms with E-state index in [0.717, 1.165) is 21.4 Å². The molecule has 1 amide bonds. The van der Waals surface area contributed by atoms with E-state index in [9.17, 15) is 4.79 Å². The second kappa shape index (κ2) is 8.67. The Hall–Kier alpha value is -3.51. The summed E-state index contributed by atoms with van der Waals surface area (Å²) >= 11 is 3.38. The van der Waals surface area contributed by atoms with Crippen LogP contribution in [0.3, 0.4) is 0 Å². The van der Waals surface area contributed by atoms with Crippen molar-refractivity contribution >= 4 is 39.0 Å². The number of benzene rings is 3. The third-order valence-corrected chi connectivity index (χ3v) is 4.73. The molecule has 3 aromatic carbocycles. The number of carbonyl (C=O) groups excluding carboxylic acids is 1. The minimum Gasteiger partial charge on any atom is -0.340 e. The molecule has 0 aliphatic carbocycles. The summed E-state index contributed by atoms with van der Waals surface area (Å²) < 4.78 is 0.865. The van der Waals surface area contributed by atoms with Crippen molar-refractivity contribution < 1.29 is 4.79 Å². The zero-order valence-corrected chi connectivity index (χ0v) is 16.9. The number of aromatic nitrogens is 2. The maximum Gasteiger partial charge on any atom is 0.255 e. The van der Waals surface area contributed by atoms with Gasteiger partial charge < -0.3 is 10.6 Å². The number of hydrogen-bond acceptors (Lipinski definition) is 4. The average Bonchev–Trinajstić information content (AvgIpc) is 2.76. The van der Waals surface area contributed by atoms with Crippen LogP contribution in [0.2, 0.25) is 0 Å². The van der Waals surface area contributed by atoms with Crippen molar-refractivity contribution in [3.05, 3.63) is 101 Å². The van der Waals surface area contributed by atoms with Gasteiger partial charge in [-0.25, -0.2) is 9.97 Å².